The Morgan fingerprint density at radius 2 is 2.29 bits per heavy atom. The van der Waals surface area contributed by atoms with Crippen LogP contribution in [0.3, 0.4) is 0 Å². The maximum atomic E-state index is 12.2. The molecule has 0 aliphatic heterocycles. The number of carbonyl (C=O) groups is 1. The SMILES string of the molecule is CCOC(=O)C(C)(CCSc1ncccc1Br)NC(C)C. The molecule has 0 saturated carbocycles. The van der Waals surface area contributed by atoms with Crippen molar-refractivity contribution < 1.29 is 9.53 Å². The van der Waals surface area contributed by atoms with Crippen LogP contribution in [-0.2, 0) is 9.53 Å². The lowest BCUT2D eigenvalue weighted by atomic mass is 9.98. The fourth-order valence-corrected chi connectivity index (χ4v) is 3.63. The Hall–Kier alpha value is -0.590. The maximum absolute atomic E-state index is 12.2. The average Bonchev–Trinajstić information content (AvgIpc) is 2.40. The van der Waals surface area contributed by atoms with Gasteiger partial charge in [0.05, 0.1) is 6.61 Å². The fraction of sp³-hybridized carbons (Fsp3) is 0.600. The van der Waals surface area contributed by atoms with Crippen molar-refractivity contribution in [2.45, 2.75) is 50.7 Å². The van der Waals surface area contributed by atoms with Crippen molar-refractivity contribution in [3.63, 3.8) is 0 Å². The average molecular weight is 375 g/mol. The molecule has 0 amide bonds. The zero-order valence-electron chi connectivity index (χ0n) is 13.0. The molecule has 4 nitrogen and oxygen atoms in total. The molecule has 0 bridgehead atoms. The van der Waals surface area contributed by atoms with Gasteiger partial charge < -0.3 is 4.74 Å². The highest BCUT2D eigenvalue weighted by molar-refractivity contribution is 9.10. The number of pyridine rings is 1. The van der Waals surface area contributed by atoms with E-state index in [1.54, 1.807) is 18.0 Å². The molecule has 1 aromatic rings. The molecule has 0 radical (unpaired) electrons. The van der Waals surface area contributed by atoms with E-state index in [4.69, 9.17) is 4.74 Å². The van der Waals surface area contributed by atoms with E-state index < -0.39 is 5.54 Å². The lowest BCUT2D eigenvalue weighted by Gasteiger charge is -2.30. The number of esters is 1. The van der Waals surface area contributed by atoms with E-state index >= 15 is 0 Å². The zero-order chi connectivity index (χ0) is 15.9. The molecule has 1 rings (SSSR count). The predicted molar refractivity (Wildman–Crippen MR) is 90.6 cm³/mol. The third-order valence-electron chi connectivity index (χ3n) is 2.90. The molecule has 1 unspecified atom stereocenters. The van der Waals surface area contributed by atoms with Gasteiger partial charge in [0.15, 0.2) is 0 Å². The number of hydrogen-bond acceptors (Lipinski definition) is 5. The van der Waals surface area contributed by atoms with Gasteiger partial charge >= 0.3 is 5.97 Å². The minimum Gasteiger partial charge on any atom is -0.465 e. The molecule has 0 aliphatic rings. The predicted octanol–water partition coefficient (Wildman–Crippen LogP) is 3.65. The van der Waals surface area contributed by atoms with Gasteiger partial charge in [-0.05, 0) is 62.2 Å². The molecule has 0 spiro atoms. The summed E-state index contributed by atoms with van der Waals surface area (Å²) in [7, 11) is 0. The van der Waals surface area contributed by atoms with Crippen LogP contribution < -0.4 is 5.32 Å². The summed E-state index contributed by atoms with van der Waals surface area (Å²) in [5, 5.41) is 4.26. The Bertz CT molecular complexity index is 471. The summed E-state index contributed by atoms with van der Waals surface area (Å²) in [6.07, 6.45) is 2.45. The summed E-state index contributed by atoms with van der Waals surface area (Å²) in [6, 6.07) is 4.06. The summed E-state index contributed by atoms with van der Waals surface area (Å²) in [6.45, 7) is 8.18. The molecule has 0 aromatic carbocycles. The number of nitrogens with one attached hydrogen (secondary N) is 1. The molecule has 118 valence electrons. The number of carbonyl (C=O) groups excluding carboxylic acids is 1. The highest BCUT2D eigenvalue weighted by atomic mass is 79.9. The summed E-state index contributed by atoms with van der Waals surface area (Å²) in [4.78, 5) is 16.5. The summed E-state index contributed by atoms with van der Waals surface area (Å²) >= 11 is 5.11. The van der Waals surface area contributed by atoms with Crippen molar-refractivity contribution in [2.75, 3.05) is 12.4 Å². The third-order valence-corrected chi connectivity index (χ3v) is 4.81. The van der Waals surface area contributed by atoms with Gasteiger partial charge in [0, 0.05) is 22.5 Å². The third kappa shape index (κ3) is 5.96. The molecular weight excluding hydrogens is 352 g/mol. The Kier molecular flexibility index (Phi) is 7.70. The normalized spacial score (nSPS) is 14.0. The first kappa shape index (κ1) is 18.5. The van der Waals surface area contributed by atoms with Crippen molar-refractivity contribution in [1.29, 1.82) is 0 Å². The largest absolute Gasteiger partial charge is 0.465 e. The highest BCUT2D eigenvalue weighted by Gasteiger charge is 2.34. The number of hydrogen-bond donors (Lipinski definition) is 1. The van der Waals surface area contributed by atoms with Crippen LogP contribution in [0.2, 0.25) is 0 Å². The smallest absolute Gasteiger partial charge is 0.326 e. The molecular formula is C15H23BrN2O2S. The highest BCUT2D eigenvalue weighted by Crippen LogP contribution is 2.27. The monoisotopic (exact) mass is 374 g/mol. The topological polar surface area (TPSA) is 51.2 Å². The van der Waals surface area contributed by atoms with Crippen molar-refractivity contribution in [2.24, 2.45) is 0 Å². The molecule has 1 aromatic heterocycles. The quantitative estimate of drug-likeness (QED) is 0.555. The first-order chi connectivity index (χ1) is 9.89. The van der Waals surface area contributed by atoms with E-state index in [1.165, 1.54) is 0 Å². The van der Waals surface area contributed by atoms with Crippen LogP contribution in [0.5, 0.6) is 0 Å². The zero-order valence-corrected chi connectivity index (χ0v) is 15.4. The van der Waals surface area contributed by atoms with Gasteiger partial charge in [-0.1, -0.05) is 0 Å². The Morgan fingerprint density at radius 1 is 1.57 bits per heavy atom. The van der Waals surface area contributed by atoms with E-state index in [1.807, 2.05) is 39.8 Å². The van der Waals surface area contributed by atoms with Crippen LogP contribution in [0.4, 0.5) is 0 Å². The molecule has 1 N–H and O–H groups in total. The van der Waals surface area contributed by atoms with Gasteiger partial charge in [0.1, 0.15) is 10.6 Å². The molecule has 1 heterocycles. The Balaban J connectivity index is 2.65. The number of aromatic nitrogens is 1. The number of ether oxygens (including phenoxy) is 1. The van der Waals surface area contributed by atoms with Crippen LogP contribution in [0, 0.1) is 0 Å². The van der Waals surface area contributed by atoms with Crippen molar-refractivity contribution in [3.05, 3.63) is 22.8 Å². The van der Waals surface area contributed by atoms with E-state index in [2.05, 4.69) is 26.2 Å². The summed E-state index contributed by atoms with van der Waals surface area (Å²) < 4.78 is 6.18. The Morgan fingerprint density at radius 3 is 2.86 bits per heavy atom. The summed E-state index contributed by atoms with van der Waals surface area (Å²) in [5.74, 6) is 0.587. The van der Waals surface area contributed by atoms with Gasteiger partial charge in [-0.2, -0.15) is 0 Å². The standard InChI is InChI=1S/C15H23BrN2O2S/c1-5-20-14(19)15(4,18-11(2)3)8-10-21-13-12(16)7-6-9-17-13/h6-7,9,11,18H,5,8,10H2,1-4H3. The first-order valence-electron chi connectivity index (χ1n) is 7.07. The second-order valence-corrected chi connectivity index (χ2v) is 7.18. The molecule has 0 fully saturated rings. The molecule has 21 heavy (non-hydrogen) atoms. The van der Waals surface area contributed by atoms with E-state index in [-0.39, 0.29) is 12.0 Å². The lowest BCUT2D eigenvalue weighted by molar-refractivity contribution is -0.150. The maximum Gasteiger partial charge on any atom is 0.326 e. The van der Waals surface area contributed by atoms with Crippen molar-refractivity contribution >= 4 is 33.7 Å². The number of halogens is 1. The van der Waals surface area contributed by atoms with Crippen molar-refractivity contribution in [3.8, 4) is 0 Å². The second kappa shape index (κ2) is 8.76. The van der Waals surface area contributed by atoms with Crippen LogP contribution in [0.25, 0.3) is 0 Å². The number of rotatable bonds is 8. The lowest BCUT2D eigenvalue weighted by Crippen LogP contribution is -2.53. The van der Waals surface area contributed by atoms with E-state index in [0.29, 0.717) is 13.0 Å². The minimum atomic E-state index is -0.668. The summed E-state index contributed by atoms with van der Waals surface area (Å²) in [5.41, 5.74) is -0.668. The molecule has 0 saturated heterocycles. The van der Waals surface area contributed by atoms with Gasteiger partial charge in [-0.3, -0.25) is 10.1 Å². The van der Waals surface area contributed by atoms with Crippen LogP contribution in [0.1, 0.15) is 34.1 Å². The second-order valence-electron chi connectivity index (χ2n) is 5.24. The Labute approximate surface area is 139 Å². The molecule has 0 aliphatic carbocycles. The fourth-order valence-electron chi connectivity index (χ4n) is 1.99. The first-order valence-corrected chi connectivity index (χ1v) is 8.85. The molecule has 6 heteroatoms. The van der Waals surface area contributed by atoms with Crippen LogP contribution in [-0.4, -0.2) is 34.9 Å². The van der Waals surface area contributed by atoms with Gasteiger partial charge in [-0.25, -0.2) is 4.98 Å². The number of thioether (sulfide) groups is 1. The van der Waals surface area contributed by atoms with Gasteiger partial charge in [-0.15, -0.1) is 11.8 Å². The van der Waals surface area contributed by atoms with Crippen LogP contribution >= 0.6 is 27.7 Å². The van der Waals surface area contributed by atoms with Crippen LogP contribution in [0.15, 0.2) is 27.8 Å². The van der Waals surface area contributed by atoms with Crippen molar-refractivity contribution in [1.82, 2.24) is 10.3 Å². The van der Waals surface area contributed by atoms with E-state index in [9.17, 15) is 4.79 Å². The van der Waals surface area contributed by atoms with E-state index in [0.717, 1.165) is 15.3 Å². The molecule has 1 atom stereocenters. The minimum absolute atomic E-state index is 0.195. The van der Waals surface area contributed by atoms with Gasteiger partial charge in [0.2, 0.25) is 0 Å². The number of nitrogens with zero attached hydrogens (tertiary/aromatic N) is 1. The van der Waals surface area contributed by atoms with Gasteiger partial charge in [0.25, 0.3) is 0 Å².